The minimum Gasteiger partial charge on any atom is -0.360 e. The van der Waals surface area contributed by atoms with Crippen LogP contribution < -0.4 is 0 Å². The summed E-state index contributed by atoms with van der Waals surface area (Å²) in [5.41, 5.74) is 2.11. The highest BCUT2D eigenvalue weighted by atomic mass is 16.5. The predicted octanol–water partition coefficient (Wildman–Crippen LogP) is 2.38. The lowest BCUT2D eigenvalue weighted by Gasteiger charge is -2.18. The van der Waals surface area contributed by atoms with Gasteiger partial charge in [-0.25, -0.2) is 0 Å². The van der Waals surface area contributed by atoms with Gasteiger partial charge in [-0.1, -0.05) is 24.2 Å². The molecule has 1 heterocycles. The van der Waals surface area contributed by atoms with E-state index >= 15 is 0 Å². The summed E-state index contributed by atoms with van der Waals surface area (Å²) in [6.07, 6.45) is 0. The van der Waals surface area contributed by atoms with Crippen molar-refractivity contribution in [1.29, 1.82) is 0 Å². The number of hydrogen-bond donors (Lipinski definition) is 0. The molecule has 0 bridgehead atoms. The summed E-state index contributed by atoms with van der Waals surface area (Å²) in [4.78, 5) is 2.27. The molecule has 0 saturated carbocycles. The van der Waals surface area contributed by atoms with Gasteiger partial charge in [-0.3, -0.25) is 4.90 Å². The smallest absolute Gasteiger partial charge is 0.150 e. The zero-order chi connectivity index (χ0) is 10.6. The van der Waals surface area contributed by atoms with Crippen LogP contribution in [0.15, 0.2) is 22.7 Å². The molecule has 3 nitrogen and oxygen atoms in total. The highest BCUT2D eigenvalue weighted by molar-refractivity contribution is 5.03. The minimum atomic E-state index is 0.810. The maximum absolute atomic E-state index is 5.16. The predicted molar refractivity (Wildman–Crippen MR) is 57.0 cm³/mol. The molecule has 1 rings (SSSR count). The second-order valence-electron chi connectivity index (χ2n) is 3.69. The van der Waals surface area contributed by atoms with E-state index < -0.39 is 0 Å². The summed E-state index contributed by atoms with van der Waals surface area (Å²) in [6, 6.07) is 1.97. The minimum absolute atomic E-state index is 0.810. The van der Waals surface area contributed by atoms with Crippen molar-refractivity contribution in [2.24, 2.45) is 0 Å². The molecule has 0 aliphatic carbocycles. The van der Waals surface area contributed by atoms with E-state index in [2.05, 4.69) is 23.6 Å². The quantitative estimate of drug-likeness (QED) is 0.674. The van der Waals surface area contributed by atoms with Crippen LogP contribution in [0, 0.1) is 6.92 Å². The molecule has 0 spiro atoms. The van der Waals surface area contributed by atoms with Gasteiger partial charge in [0.05, 0.1) is 12.2 Å². The van der Waals surface area contributed by atoms with Crippen LogP contribution >= 0.6 is 0 Å². The first-order valence-corrected chi connectivity index (χ1v) is 4.90. The fourth-order valence-electron chi connectivity index (χ4n) is 1.37. The third kappa shape index (κ3) is 3.34. The fourth-order valence-corrected chi connectivity index (χ4v) is 1.37. The standard InChI is InChI=1S/C11H18N2O/c1-5-13(7-9(2)3)8-11-6-10(4)12-14-11/h6H,2,5,7-8H2,1,3-4H3. The molecule has 0 radical (unpaired) electrons. The van der Waals surface area contributed by atoms with Gasteiger partial charge in [0.2, 0.25) is 0 Å². The highest BCUT2D eigenvalue weighted by Crippen LogP contribution is 2.07. The fraction of sp³-hybridized carbons (Fsp3) is 0.545. The Morgan fingerprint density at radius 2 is 2.36 bits per heavy atom. The van der Waals surface area contributed by atoms with E-state index in [0.717, 1.165) is 31.1 Å². The Bertz CT molecular complexity index is 304. The van der Waals surface area contributed by atoms with Crippen molar-refractivity contribution in [2.75, 3.05) is 13.1 Å². The van der Waals surface area contributed by atoms with Gasteiger partial charge < -0.3 is 4.52 Å². The Kier molecular flexibility index (Phi) is 3.89. The molecular formula is C11H18N2O. The van der Waals surface area contributed by atoms with Crippen molar-refractivity contribution < 1.29 is 4.52 Å². The van der Waals surface area contributed by atoms with Crippen LogP contribution in [0.2, 0.25) is 0 Å². The van der Waals surface area contributed by atoms with Crippen LogP contribution in [0.3, 0.4) is 0 Å². The van der Waals surface area contributed by atoms with Crippen LogP contribution in [0.1, 0.15) is 25.3 Å². The third-order valence-corrected chi connectivity index (χ3v) is 2.00. The Balaban J connectivity index is 2.52. The molecule has 0 aliphatic rings. The van der Waals surface area contributed by atoms with Gasteiger partial charge in [0.25, 0.3) is 0 Å². The maximum Gasteiger partial charge on any atom is 0.150 e. The van der Waals surface area contributed by atoms with E-state index in [4.69, 9.17) is 4.52 Å². The molecule has 0 unspecified atom stereocenters. The van der Waals surface area contributed by atoms with Crippen LogP contribution in [0.4, 0.5) is 0 Å². The Labute approximate surface area is 85.4 Å². The first kappa shape index (κ1) is 11.0. The molecule has 0 saturated heterocycles. The van der Waals surface area contributed by atoms with Crippen LogP contribution in [-0.4, -0.2) is 23.1 Å². The van der Waals surface area contributed by atoms with E-state index in [0.29, 0.717) is 0 Å². The summed E-state index contributed by atoms with van der Waals surface area (Å²) < 4.78 is 5.16. The number of rotatable bonds is 5. The molecule has 0 aromatic carbocycles. The Hall–Kier alpha value is -1.09. The van der Waals surface area contributed by atoms with Crippen molar-refractivity contribution in [2.45, 2.75) is 27.3 Å². The van der Waals surface area contributed by atoms with Crippen molar-refractivity contribution in [3.05, 3.63) is 29.7 Å². The Morgan fingerprint density at radius 1 is 1.64 bits per heavy atom. The average molecular weight is 194 g/mol. The van der Waals surface area contributed by atoms with Crippen LogP contribution in [0.25, 0.3) is 0 Å². The molecule has 1 aromatic rings. The summed E-state index contributed by atoms with van der Waals surface area (Å²) in [6.45, 7) is 12.7. The van der Waals surface area contributed by atoms with Gasteiger partial charge >= 0.3 is 0 Å². The monoisotopic (exact) mass is 194 g/mol. The summed E-state index contributed by atoms with van der Waals surface area (Å²) >= 11 is 0. The van der Waals surface area contributed by atoms with Crippen molar-refractivity contribution in [3.63, 3.8) is 0 Å². The van der Waals surface area contributed by atoms with E-state index in [1.165, 1.54) is 5.57 Å². The second-order valence-corrected chi connectivity index (χ2v) is 3.69. The number of likely N-dealkylation sites (N-methyl/N-ethyl adjacent to an activating group) is 1. The van der Waals surface area contributed by atoms with Crippen molar-refractivity contribution >= 4 is 0 Å². The van der Waals surface area contributed by atoms with Gasteiger partial charge in [0.15, 0.2) is 5.76 Å². The molecule has 78 valence electrons. The van der Waals surface area contributed by atoms with E-state index in [-0.39, 0.29) is 0 Å². The topological polar surface area (TPSA) is 29.3 Å². The van der Waals surface area contributed by atoms with Gasteiger partial charge in [-0.05, 0) is 20.4 Å². The first-order valence-electron chi connectivity index (χ1n) is 4.90. The third-order valence-electron chi connectivity index (χ3n) is 2.00. The van der Waals surface area contributed by atoms with Crippen LogP contribution in [0.5, 0.6) is 0 Å². The normalized spacial score (nSPS) is 10.9. The van der Waals surface area contributed by atoms with Gasteiger partial charge in [0, 0.05) is 12.6 Å². The molecular weight excluding hydrogens is 176 g/mol. The summed E-state index contributed by atoms with van der Waals surface area (Å²) in [7, 11) is 0. The SMILES string of the molecule is C=C(C)CN(CC)Cc1cc(C)no1. The molecule has 0 amide bonds. The molecule has 0 N–H and O–H groups in total. The summed E-state index contributed by atoms with van der Waals surface area (Å²) in [5.74, 6) is 0.922. The lowest BCUT2D eigenvalue weighted by molar-refractivity contribution is 0.257. The molecule has 0 aliphatic heterocycles. The lowest BCUT2D eigenvalue weighted by atomic mass is 10.3. The zero-order valence-corrected chi connectivity index (χ0v) is 9.21. The highest BCUT2D eigenvalue weighted by Gasteiger charge is 2.07. The lowest BCUT2D eigenvalue weighted by Crippen LogP contribution is -2.24. The molecule has 14 heavy (non-hydrogen) atoms. The van der Waals surface area contributed by atoms with Crippen molar-refractivity contribution in [3.8, 4) is 0 Å². The van der Waals surface area contributed by atoms with E-state index in [9.17, 15) is 0 Å². The number of aryl methyl sites for hydroxylation is 1. The van der Waals surface area contributed by atoms with Crippen molar-refractivity contribution in [1.82, 2.24) is 10.1 Å². The van der Waals surface area contributed by atoms with E-state index in [1.807, 2.05) is 19.9 Å². The van der Waals surface area contributed by atoms with Gasteiger partial charge in [-0.2, -0.15) is 0 Å². The largest absolute Gasteiger partial charge is 0.360 e. The van der Waals surface area contributed by atoms with Gasteiger partial charge in [0.1, 0.15) is 0 Å². The number of aromatic nitrogens is 1. The zero-order valence-electron chi connectivity index (χ0n) is 9.21. The Morgan fingerprint density at radius 3 is 2.79 bits per heavy atom. The average Bonchev–Trinajstić information content (AvgIpc) is 2.49. The maximum atomic E-state index is 5.16. The molecule has 1 aromatic heterocycles. The van der Waals surface area contributed by atoms with Gasteiger partial charge in [-0.15, -0.1) is 0 Å². The number of hydrogen-bond acceptors (Lipinski definition) is 3. The summed E-state index contributed by atoms with van der Waals surface area (Å²) in [5, 5.41) is 3.86. The van der Waals surface area contributed by atoms with E-state index in [1.54, 1.807) is 0 Å². The number of nitrogens with zero attached hydrogens (tertiary/aromatic N) is 2. The molecule has 0 atom stereocenters. The first-order chi connectivity index (χ1) is 6.61. The van der Waals surface area contributed by atoms with Crippen LogP contribution in [-0.2, 0) is 6.54 Å². The molecule has 0 fully saturated rings. The second kappa shape index (κ2) is 4.96. The molecule has 3 heteroatoms.